The molecule has 2 nitrogen and oxygen atoms in total. The number of rotatable bonds is 4. The average molecular weight is 396 g/mol. The third-order valence-corrected chi connectivity index (χ3v) is 5.52. The Balaban J connectivity index is 0.00000144. The molecule has 3 rings (SSSR count). The first kappa shape index (κ1) is 21.0. The maximum Gasteiger partial charge on any atom is -1.00 e. The number of aryl methyl sites for hydroxylation is 1. The fourth-order valence-corrected chi connectivity index (χ4v) is 4.07. The molecule has 1 unspecified atom stereocenters. The number of phenolic OH excluding ortho intramolecular Hbond substituents is 1. The van der Waals surface area contributed by atoms with E-state index in [1.165, 1.54) is 9.45 Å². The van der Waals surface area contributed by atoms with Crippen LogP contribution in [0.4, 0.5) is 0 Å². The molecule has 0 radical (unpaired) electrons. The van der Waals surface area contributed by atoms with Gasteiger partial charge in [0.1, 0.15) is 0 Å². The molecule has 0 saturated carbocycles. The van der Waals surface area contributed by atoms with Gasteiger partial charge >= 0.3 is 141 Å². The van der Waals surface area contributed by atoms with Crippen LogP contribution in [0.2, 0.25) is 0 Å². The Hall–Kier alpha value is -1.03. The van der Waals surface area contributed by atoms with Crippen LogP contribution in [0, 0.1) is 6.92 Å². The number of hydrogen-bond donors (Lipinski definition) is 2. The molecule has 1 aromatic rings. The maximum atomic E-state index is 10.0. The Kier molecular flexibility index (Phi) is 8.82. The molecule has 2 aliphatic carbocycles. The van der Waals surface area contributed by atoms with Crippen LogP contribution < -0.4 is 28.6 Å². The van der Waals surface area contributed by atoms with E-state index in [1.54, 1.807) is 6.07 Å². The summed E-state index contributed by atoms with van der Waals surface area (Å²) in [6.07, 6.45) is 18.2. The fourth-order valence-electron chi connectivity index (χ4n) is 2.51. The topological polar surface area (TPSA) is 32.3 Å². The average Bonchev–Trinajstić information content (AvgIpc) is 3.03. The molecule has 0 aliphatic heterocycles. The number of benzene rings is 1. The van der Waals surface area contributed by atoms with Crippen molar-refractivity contribution in [2.75, 3.05) is 0 Å². The summed E-state index contributed by atoms with van der Waals surface area (Å²) in [7, 11) is 0. The van der Waals surface area contributed by atoms with Crippen molar-refractivity contribution in [2.45, 2.75) is 19.4 Å². The zero-order chi connectivity index (χ0) is 15.4. The summed E-state index contributed by atoms with van der Waals surface area (Å²) in [5.41, 5.74) is 3.22. The smallest absolute Gasteiger partial charge is 1.00 e. The fraction of sp³-hybridized carbons (Fsp3) is 0.158. The first-order chi connectivity index (χ1) is 10.7. The van der Waals surface area contributed by atoms with Crippen LogP contribution in [-0.2, 0) is 19.4 Å². The largest absolute Gasteiger partial charge is 1.00 e. The van der Waals surface area contributed by atoms with Gasteiger partial charge in [-0.1, -0.05) is 0 Å². The molecule has 0 heterocycles. The first-order valence-corrected chi connectivity index (χ1v) is 9.02. The van der Waals surface area contributed by atoms with Gasteiger partial charge in [-0.15, -0.1) is 0 Å². The molecule has 0 aromatic heterocycles. The van der Waals surface area contributed by atoms with E-state index in [0.29, 0.717) is 5.75 Å². The molecule has 2 aliphatic rings. The molecule has 0 fully saturated rings. The van der Waals surface area contributed by atoms with Crippen molar-refractivity contribution in [3.63, 3.8) is 0 Å². The van der Waals surface area contributed by atoms with E-state index in [4.69, 9.17) is 0 Å². The van der Waals surface area contributed by atoms with Crippen molar-refractivity contribution in [1.82, 2.24) is 3.80 Å². The predicted octanol–water partition coefficient (Wildman–Crippen LogP) is -1.98. The molecule has 5 heteroatoms. The van der Waals surface area contributed by atoms with Gasteiger partial charge < -0.3 is 24.8 Å². The molecule has 0 saturated heterocycles. The standard InChI is InChI=1S/C14H14NO.C5H5.2ClH.Ti/c1-10-6-7-14(16)12(8-10)9-11-4-2-3-5-13(11)15;1-2-4-5-3-1;;;/h2-9,13,15-16H,1H3;1-3H,4H2;2*1H;/q-1;;;;+3/p-2. The van der Waals surface area contributed by atoms with Crippen molar-refractivity contribution >= 4 is 6.08 Å². The minimum Gasteiger partial charge on any atom is -1.00 e. The van der Waals surface area contributed by atoms with Crippen molar-refractivity contribution in [2.24, 2.45) is 0 Å². The van der Waals surface area contributed by atoms with Gasteiger partial charge in [0.05, 0.1) is 0 Å². The molecular weight excluding hydrogens is 377 g/mol. The second-order valence-electron chi connectivity index (χ2n) is 5.52. The van der Waals surface area contributed by atoms with Crippen LogP contribution in [0.25, 0.3) is 6.08 Å². The van der Waals surface area contributed by atoms with E-state index in [0.717, 1.165) is 17.5 Å². The van der Waals surface area contributed by atoms with Crippen molar-refractivity contribution in [3.8, 4) is 5.75 Å². The number of phenols is 1. The van der Waals surface area contributed by atoms with Crippen LogP contribution in [0.3, 0.4) is 0 Å². The Morgan fingerprint density at radius 2 is 2.04 bits per heavy atom. The molecule has 0 bridgehead atoms. The van der Waals surface area contributed by atoms with Gasteiger partial charge in [-0.25, -0.2) is 0 Å². The molecule has 0 spiro atoms. The van der Waals surface area contributed by atoms with Crippen LogP contribution >= 0.6 is 0 Å². The first-order valence-electron chi connectivity index (χ1n) is 7.46. The summed E-state index contributed by atoms with van der Waals surface area (Å²) >= 11 is -0.304. The molecule has 124 valence electrons. The zero-order valence-electron chi connectivity index (χ0n) is 13.3. The minimum atomic E-state index is -0.304. The van der Waals surface area contributed by atoms with Gasteiger partial charge in [0, 0.05) is 0 Å². The van der Waals surface area contributed by atoms with Crippen LogP contribution in [0.1, 0.15) is 17.5 Å². The van der Waals surface area contributed by atoms with Crippen molar-refractivity contribution < 1.29 is 49.3 Å². The van der Waals surface area contributed by atoms with E-state index in [-0.39, 0.29) is 50.3 Å². The Labute approximate surface area is 165 Å². The summed E-state index contributed by atoms with van der Waals surface area (Å²) in [4.78, 5) is 0. The summed E-state index contributed by atoms with van der Waals surface area (Å²) in [5, 5.41) is 10.0. The van der Waals surface area contributed by atoms with Crippen LogP contribution in [-0.4, -0.2) is 11.1 Å². The van der Waals surface area contributed by atoms with Crippen molar-refractivity contribution in [3.05, 3.63) is 81.3 Å². The molecule has 0 amide bonds. The minimum absolute atomic E-state index is 0. The Morgan fingerprint density at radius 3 is 2.79 bits per heavy atom. The van der Waals surface area contributed by atoms with Gasteiger partial charge in [-0.05, 0) is 0 Å². The van der Waals surface area contributed by atoms with Gasteiger partial charge in [-0.3, -0.25) is 0 Å². The third kappa shape index (κ3) is 5.51. The van der Waals surface area contributed by atoms with Gasteiger partial charge in [0.25, 0.3) is 0 Å². The molecule has 1 atom stereocenters. The zero-order valence-corrected chi connectivity index (χ0v) is 16.4. The quantitative estimate of drug-likeness (QED) is 0.579. The summed E-state index contributed by atoms with van der Waals surface area (Å²) in [5.74, 6) is 0.332. The molecule has 2 N–H and O–H groups in total. The summed E-state index contributed by atoms with van der Waals surface area (Å²) in [6, 6.07) is 5.93. The van der Waals surface area contributed by atoms with Gasteiger partial charge in [0.15, 0.2) is 0 Å². The van der Waals surface area contributed by atoms with Crippen LogP contribution in [0.15, 0.2) is 70.2 Å². The summed E-state index contributed by atoms with van der Waals surface area (Å²) in [6.45, 7) is 2.04. The van der Waals surface area contributed by atoms with E-state index in [2.05, 4.69) is 46.3 Å². The maximum absolute atomic E-state index is 10.0. The number of allylic oxidation sites excluding steroid dienone is 6. The predicted molar refractivity (Wildman–Crippen MR) is 87.9 cm³/mol. The molecule has 1 aromatic carbocycles. The molecule has 24 heavy (non-hydrogen) atoms. The van der Waals surface area contributed by atoms with E-state index < -0.39 is 0 Å². The SMILES string of the molecule is Cc1ccc(O)c(C=C2C=CC=CC2[NH][Ti+2][C]2=CC=CC2)c1.[Cl-].[Cl-]. The second-order valence-corrected chi connectivity index (χ2v) is 7.37. The Morgan fingerprint density at radius 1 is 1.21 bits per heavy atom. The number of hydrogen-bond acceptors (Lipinski definition) is 2. The Bertz CT molecular complexity index is 720. The number of aromatic hydroxyl groups is 1. The third-order valence-electron chi connectivity index (χ3n) is 3.73. The normalized spacial score (nSPS) is 19.5. The van der Waals surface area contributed by atoms with Crippen molar-refractivity contribution in [1.29, 1.82) is 0 Å². The van der Waals surface area contributed by atoms with Crippen LogP contribution in [0.5, 0.6) is 5.75 Å². The van der Waals surface area contributed by atoms with E-state index in [9.17, 15) is 5.11 Å². The number of halogens is 2. The second kappa shape index (κ2) is 10.1. The van der Waals surface area contributed by atoms with Gasteiger partial charge in [0.2, 0.25) is 0 Å². The number of nitrogens with one attached hydrogen (secondary N) is 1. The van der Waals surface area contributed by atoms with E-state index in [1.807, 2.05) is 25.1 Å². The summed E-state index contributed by atoms with van der Waals surface area (Å²) < 4.78 is 5.23. The molecular formula is C19H19Cl2NOTi. The van der Waals surface area contributed by atoms with Gasteiger partial charge in [-0.2, -0.15) is 0 Å². The monoisotopic (exact) mass is 395 g/mol. The van der Waals surface area contributed by atoms with E-state index >= 15 is 0 Å².